The fourth-order valence-electron chi connectivity index (χ4n) is 2.62. The molecule has 146 valence electrons. The third kappa shape index (κ3) is 4.54. The molecular formula is C19H15BrN6O2S. The summed E-state index contributed by atoms with van der Waals surface area (Å²) in [4.78, 5) is 11.3. The number of rotatable bonds is 6. The molecule has 4 rings (SSSR count). The first-order valence-corrected chi connectivity index (χ1v) is 10.4. The van der Waals surface area contributed by atoms with E-state index in [0.717, 1.165) is 15.7 Å². The van der Waals surface area contributed by atoms with Crippen LogP contribution in [0.3, 0.4) is 0 Å². The molecule has 2 aromatic heterocycles. The van der Waals surface area contributed by atoms with E-state index in [9.17, 15) is 4.79 Å². The van der Waals surface area contributed by atoms with E-state index in [2.05, 4.69) is 41.6 Å². The summed E-state index contributed by atoms with van der Waals surface area (Å²) in [6, 6.07) is 15.1. The van der Waals surface area contributed by atoms with E-state index in [1.807, 2.05) is 53.1 Å². The van der Waals surface area contributed by atoms with Gasteiger partial charge in [-0.25, -0.2) is 0 Å². The maximum Gasteiger partial charge on any atom is 0.248 e. The molecule has 0 saturated carbocycles. The summed E-state index contributed by atoms with van der Waals surface area (Å²) in [7, 11) is 0. The monoisotopic (exact) mass is 470 g/mol. The van der Waals surface area contributed by atoms with Gasteiger partial charge in [0.1, 0.15) is 6.33 Å². The van der Waals surface area contributed by atoms with Crippen molar-refractivity contribution >= 4 is 39.3 Å². The van der Waals surface area contributed by atoms with Crippen LogP contribution >= 0.6 is 27.7 Å². The van der Waals surface area contributed by atoms with Crippen molar-refractivity contribution in [2.75, 3.05) is 5.32 Å². The van der Waals surface area contributed by atoms with Crippen molar-refractivity contribution in [3.8, 4) is 17.1 Å². The highest BCUT2D eigenvalue weighted by Crippen LogP contribution is 2.29. The number of nitrogens with one attached hydrogen (secondary N) is 1. The molecule has 0 spiro atoms. The molecule has 0 aliphatic heterocycles. The molecule has 2 heterocycles. The van der Waals surface area contributed by atoms with Crippen molar-refractivity contribution in [3.05, 3.63) is 65.2 Å². The maximum atomic E-state index is 11.3. The molecule has 1 N–H and O–H groups in total. The number of benzene rings is 2. The maximum absolute atomic E-state index is 11.3. The molecule has 10 heteroatoms. The Kier molecular flexibility index (Phi) is 5.72. The minimum atomic E-state index is -0.127. The Bertz CT molecular complexity index is 1160. The van der Waals surface area contributed by atoms with Crippen molar-refractivity contribution in [2.45, 2.75) is 17.8 Å². The van der Waals surface area contributed by atoms with Crippen LogP contribution in [-0.4, -0.2) is 30.9 Å². The molecule has 1 amide bonds. The number of nitrogens with zero attached hydrogens (tertiary/aromatic N) is 5. The van der Waals surface area contributed by atoms with Gasteiger partial charge in [-0.3, -0.25) is 9.36 Å². The Morgan fingerprint density at radius 3 is 2.86 bits per heavy atom. The van der Waals surface area contributed by atoms with Gasteiger partial charge in [-0.2, -0.15) is 0 Å². The van der Waals surface area contributed by atoms with Crippen LogP contribution in [0.25, 0.3) is 17.1 Å². The van der Waals surface area contributed by atoms with Gasteiger partial charge in [0.05, 0.1) is 17.0 Å². The van der Waals surface area contributed by atoms with E-state index >= 15 is 0 Å². The van der Waals surface area contributed by atoms with Gasteiger partial charge in [0.25, 0.3) is 0 Å². The SMILES string of the molecule is CC(=O)Nc1cccc(-n2cnnc2SCc2nnc(-c3ccccc3Br)o2)c1. The number of carbonyl (C=O) groups is 1. The second kappa shape index (κ2) is 8.58. The minimum absolute atomic E-state index is 0.127. The highest BCUT2D eigenvalue weighted by molar-refractivity contribution is 9.10. The first-order chi connectivity index (χ1) is 14.1. The predicted octanol–water partition coefficient (Wildman–Crippen LogP) is 4.33. The number of hydrogen-bond acceptors (Lipinski definition) is 7. The molecule has 0 radical (unpaired) electrons. The molecule has 0 saturated heterocycles. The number of anilines is 1. The number of carbonyl (C=O) groups excluding carboxylic acids is 1. The Morgan fingerprint density at radius 2 is 2.03 bits per heavy atom. The summed E-state index contributed by atoms with van der Waals surface area (Å²) in [6.07, 6.45) is 1.62. The summed E-state index contributed by atoms with van der Waals surface area (Å²) in [5.74, 6) is 1.26. The van der Waals surface area contributed by atoms with E-state index in [1.165, 1.54) is 18.7 Å². The molecule has 0 aliphatic rings. The Labute approximate surface area is 178 Å². The van der Waals surface area contributed by atoms with Crippen molar-refractivity contribution in [2.24, 2.45) is 0 Å². The topological polar surface area (TPSA) is 98.7 Å². The molecule has 0 bridgehead atoms. The van der Waals surface area contributed by atoms with Crippen LogP contribution in [0, 0.1) is 0 Å². The summed E-state index contributed by atoms with van der Waals surface area (Å²) in [5, 5.41) is 19.9. The zero-order chi connectivity index (χ0) is 20.2. The van der Waals surface area contributed by atoms with E-state index in [1.54, 1.807) is 6.33 Å². The number of hydrogen-bond donors (Lipinski definition) is 1. The lowest BCUT2D eigenvalue weighted by molar-refractivity contribution is -0.114. The number of thioether (sulfide) groups is 1. The minimum Gasteiger partial charge on any atom is -0.420 e. The fourth-order valence-corrected chi connectivity index (χ4v) is 3.84. The lowest BCUT2D eigenvalue weighted by Gasteiger charge is -2.08. The lowest BCUT2D eigenvalue weighted by Crippen LogP contribution is -2.06. The van der Waals surface area contributed by atoms with Crippen LogP contribution in [0.4, 0.5) is 5.69 Å². The molecule has 2 aromatic carbocycles. The number of amides is 1. The lowest BCUT2D eigenvalue weighted by atomic mass is 10.2. The Morgan fingerprint density at radius 1 is 1.17 bits per heavy atom. The molecule has 8 nitrogen and oxygen atoms in total. The second-order valence-corrected chi connectivity index (χ2v) is 7.78. The summed E-state index contributed by atoms with van der Waals surface area (Å²) < 4.78 is 8.50. The van der Waals surface area contributed by atoms with Crippen molar-refractivity contribution in [3.63, 3.8) is 0 Å². The van der Waals surface area contributed by atoms with E-state index in [-0.39, 0.29) is 5.91 Å². The largest absolute Gasteiger partial charge is 0.420 e. The average Bonchev–Trinajstić information content (AvgIpc) is 3.36. The van der Waals surface area contributed by atoms with E-state index in [0.29, 0.717) is 28.4 Å². The number of aromatic nitrogens is 5. The Hall–Kier alpha value is -2.98. The third-order valence-corrected chi connectivity index (χ3v) is 5.48. The normalized spacial score (nSPS) is 10.8. The highest BCUT2D eigenvalue weighted by Gasteiger charge is 2.14. The van der Waals surface area contributed by atoms with Crippen LogP contribution in [0.5, 0.6) is 0 Å². The molecule has 0 fully saturated rings. The summed E-state index contributed by atoms with van der Waals surface area (Å²) in [5.41, 5.74) is 2.38. The third-order valence-electron chi connectivity index (χ3n) is 3.86. The summed E-state index contributed by atoms with van der Waals surface area (Å²) in [6.45, 7) is 1.47. The zero-order valence-electron chi connectivity index (χ0n) is 15.2. The first kappa shape index (κ1) is 19.3. The molecule has 29 heavy (non-hydrogen) atoms. The van der Waals surface area contributed by atoms with Crippen LogP contribution in [0.15, 0.2) is 68.9 Å². The van der Waals surface area contributed by atoms with Crippen LogP contribution in [-0.2, 0) is 10.5 Å². The van der Waals surface area contributed by atoms with Gasteiger partial charge >= 0.3 is 0 Å². The van der Waals surface area contributed by atoms with Gasteiger partial charge in [-0.05, 0) is 46.3 Å². The van der Waals surface area contributed by atoms with Crippen molar-refractivity contribution in [1.82, 2.24) is 25.0 Å². The fraction of sp³-hybridized carbons (Fsp3) is 0.105. The van der Waals surface area contributed by atoms with Gasteiger partial charge in [0, 0.05) is 17.1 Å². The molecule has 0 unspecified atom stereocenters. The predicted molar refractivity (Wildman–Crippen MR) is 113 cm³/mol. The quantitative estimate of drug-likeness (QED) is 0.418. The van der Waals surface area contributed by atoms with E-state index in [4.69, 9.17) is 4.42 Å². The van der Waals surface area contributed by atoms with Gasteiger partial charge in [0.15, 0.2) is 5.16 Å². The summed E-state index contributed by atoms with van der Waals surface area (Å²) >= 11 is 4.92. The van der Waals surface area contributed by atoms with Gasteiger partial charge < -0.3 is 9.73 Å². The number of halogens is 1. The van der Waals surface area contributed by atoms with Gasteiger partial charge in [-0.1, -0.05) is 30.0 Å². The van der Waals surface area contributed by atoms with Gasteiger partial charge in [-0.15, -0.1) is 20.4 Å². The van der Waals surface area contributed by atoms with Crippen LogP contribution in [0.2, 0.25) is 0 Å². The van der Waals surface area contributed by atoms with E-state index < -0.39 is 0 Å². The smallest absolute Gasteiger partial charge is 0.248 e. The highest BCUT2D eigenvalue weighted by atomic mass is 79.9. The Balaban J connectivity index is 1.50. The standard InChI is InChI=1S/C19H15BrN6O2S/c1-12(27)22-13-5-4-6-14(9-13)26-11-21-25-19(26)29-10-17-23-24-18(28-17)15-7-2-3-8-16(15)20/h2-9,11H,10H2,1H3,(H,22,27). The second-order valence-electron chi connectivity index (χ2n) is 5.98. The molecular weight excluding hydrogens is 456 g/mol. The van der Waals surface area contributed by atoms with Crippen LogP contribution < -0.4 is 5.32 Å². The van der Waals surface area contributed by atoms with Crippen molar-refractivity contribution in [1.29, 1.82) is 0 Å². The van der Waals surface area contributed by atoms with Crippen molar-refractivity contribution < 1.29 is 9.21 Å². The zero-order valence-corrected chi connectivity index (χ0v) is 17.6. The molecule has 0 aliphatic carbocycles. The average molecular weight is 471 g/mol. The van der Waals surface area contributed by atoms with Crippen LogP contribution in [0.1, 0.15) is 12.8 Å². The first-order valence-electron chi connectivity index (χ1n) is 8.58. The molecule has 4 aromatic rings. The van der Waals surface area contributed by atoms with Gasteiger partial charge in [0.2, 0.25) is 17.7 Å². The molecule has 0 atom stereocenters.